The Morgan fingerprint density at radius 1 is 0.692 bits per heavy atom. The average molecular weight is 175 g/mol. The Balaban J connectivity index is 2.27. The van der Waals surface area contributed by atoms with E-state index in [0.29, 0.717) is 0 Å². The first-order valence-corrected chi connectivity index (χ1v) is 5.35. The van der Waals surface area contributed by atoms with Crippen LogP contribution in [0.2, 0.25) is 0 Å². The van der Waals surface area contributed by atoms with Crippen molar-refractivity contribution in [2.24, 2.45) is 0 Å². The molecule has 1 radical (unpaired) electrons. The maximum atomic E-state index is 3.29. The molecule has 0 amide bonds. The van der Waals surface area contributed by atoms with E-state index < -0.39 is 0 Å². The average Bonchev–Trinajstić information content (AvgIpc) is 2.18. The van der Waals surface area contributed by atoms with Crippen LogP contribution in [-0.2, 0) is 0 Å². The molecule has 0 atom stereocenters. The first-order chi connectivity index (χ1) is 6.50. The van der Waals surface area contributed by atoms with Crippen LogP contribution in [0.4, 0.5) is 0 Å². The molecule has 13 heavy (non-hydrogen) atoms. The summed E-state index contributed by atoms with van der Waals surface area (Å²) in [4.78, 5) is 0. The van der Waals surface area contributed by atoms with Crippen LogP contribution in [0.3, 0.4) is 0 Å². The molecule has 0 saturated carbocycles. The molecule has 0 aromatic heterocycles. The summed E-state index contributed by atoms with van der Waals surface area (Å²) in [7, 11) is 0. The Labute approximate surface area is 82.0 Å². The second-order valence-corrected chi connectivity index (χ2v) is 3.42. The largest absolute Gasteiger partial charge is 0.0885 e. The second kappa shape index (κ2) is 7.85. The zero-order valence-electron chi connectivity index (χ0n) is 8.34. The third-order valence-corrected chi connectivity index (χ3v) is 2.17. The normalized spacial score (nSPS) is 20.3. The summed E-state index contributed by atoms with van der Waals surface area (Å²) in [6.45, 7) is 0. The maximum Gasteiger partial charge on any atom is -0.00979 e. The van der Waals surface area contributed by atoms with E-state index in [9.17, 15) is 0 Å². The summed E-state index contributed by atoms with van der Waals surface area (Å²) in [5.74, 6) is 0. The molecule has 1 aliphatic rings. The predicted octanol–water partition coefficient (Wildman–Crippen LogP) is 4.20. The maximum absolute atomic E-state index is 3.29. The van der Waals surface area contributed by atoms with E-state index in [0.717, 1.165) is 6.42 Å². The van der Waals surface area contributed by atoms with Crippen LogP contribution in [-0.4, -0.2) is 0 Å². The van der Waals surface area contributed by atoms with Crippen molar-refractivity contribution >= 4 is 0 Å². The number of allylic oxidation sites excluding steroid dienone is 6. The molecule has 71 valence electrons. The Morgan fingerprint density at radius 3 is 2.08 bits per heavy atom. The molecule has 0 nitrogen and oxygen atoms in total. The molecule has 0 spiro atoms. The van der Waals surface area contributed by atoms with Crippen molar-refractivity contribution in [1.29, 1.82) is 0 Å². The molecular formula is C13H19. The van der Waals surface area contributed by atoms with Gasteiger partial charge in [0.05, 0.1) is 0 Å². The summed E-state index contributed by atoms with van der Waals surface area (Å²) in [6, 6.07) is 0. The fourth-order valence-corrected chi connectivity index (χ4v) is 1.38. The van der Waals surface area contributed by atoms with Crippen molar-refractivity contribution in [3.8, 4) is 0 Å². The number of hydrogen-bond acceptors (Lipinski definition) is 0. The fraction of sp³-hybridized carbons (Fsp3) is 0.538. The van der Waals surface area contributed by atoms with Crippen molar-refractivity contribution in [1.82, 2.24) is 0 Å². The van der Waals surface area contributed by atoms with Gasteiger partial charge in [-0.15, -0.1) is 0 Å². The topological polar surface area (TPSA) is 0 Å². The van der Waals surface area contributed by atoms with Gasteiger partial charge in [-0.3, -0.25) is 0 Å². The minimum atomic E-state index is 0.993. The van der Waals surface area contributed by atoms with Gasteiger partial charge in [0, 0.05) is 0 Å². The van der Waals surface area contributed by atoms with Crippen molar-refractivity contribution in [2.75, 3.05) is 0 Å². The molecule has 0 heterocycles. The third kappa shape index (κ3) is 6.39. The van der Waals surface area contributed by atoms with Gasteiger partial charge in [0.25, 0.3) is 0 Å². The molecule has 0 aromatic carbocycles. The van der Waals surface area contributed by atoms with Gasteiger partial charge in [-0.25, -0.2) is 0 Å². The zero-order valence-corrected chi connectivity index (χ0v) is 8.34. The van der Waals surface area contributed by atoms with Crippen molar-refractivity contribution in [3.63, 3.8) is 0 Å². The minimum absolute atomic E-state index is 0.993. The summed E-state index contributed by atoms with van der Waals surface area (Å²) < 4.78 is 0. The lowest BCUT2D eigenvalue weighted by Gasteiger charge is -1.90. The monoisotopic (exact) mass is 175 g/mol. The smallest absolute Gasteiger partial charge is 0.00979 e. The third-order valence-electron chi connectivity index (χ3n) is 2.17. The van der Waals surface area contributed by atoms with E-state index in [1.807, 2.05) is 0 Å². The lowest BCUT2D eigenvalue weighted by molar-refractivity contribution is 0.842. The summed E-state index contributed by atoms with van der Waals surface area (Å²) in [5.41, 5.74) is 0. The molecule has 0 saturated heterocycles. The van der Waals surface area contributed by atoms with Gasteiger partial charge in [-0.2, -0.15) is 0 Å². The van der Waals surface area contributed by atoms with Gasteiger partial charge >= 0.3 is 0 Å². The highest BCUT2D eigenvalue weighted by Gasteiger charge is 1.84. The Hall–Kier alpha value is -0.780. The number of rotatable bonds is 0. The first kappa shape index (κ1) is 10.3. The van der Waals surface area contributed by atoms with E-state index in [1.54, 1.807) is 0 Å². The van der Waals surface area contributed by atoms with Gasteiger partial charge in [0.15, 0.2) is 0 Å². The molecule has 0 bridgehead atoms. The lowest BCUT2D eigenvalue weighted by atomic mass is 10.2. The standard InChI is InChI=1S/C13H19/c1-2-4-6-8-10-12-13-11-9-7-5-3-1/h1-2,9-11H,3-8,13H2. The Bertz CT molecular complexity index is 164. The highest BCUT2D eigenvalue weighted by molar-refractivity contribution is 4.90. The van der Waals surface area contributed by atoms with Crippen molar-refractivity contribution in [2.45, 2.75) is 44.9 Å². The van der Waals surface area contributed by atoms with Crippen molar-refractivity contribution in [3.05, 3.63) is 36.5 Å². The predicted molar refractivity (Wildman–Crippen MR) is 58.4 cm³/mol. The van der Waals surface area contributed by atoms with Gasteiger partial charge in [-0.1, -0.05) is 30.4 Å². The molecule has 1 aliphatic carbocycles. The SMILES string of the molecule is [C]1=CCCCC=CCCCC=CC1. The van der Waals surface area contributed by atoms with Gasteiger partial charge < -0.3 is 0 Å². The van der Waals surface area contributed by atoms with Gasteiger partial charge in [0.2, 0.25) is 0 Å². The van der Waals surface area contributed by atoms with Crippen LogP contribution in [0, 0.1) is 6.08 Å². The van der Waals surface area contributed by atoms with Gasteiger partial charge in [0.1, 0.15) is 0 Å². The summed E-state index contributed by atoms with van der Waals surface area (Å²) in [5, 5.41) is 0. The second-order valence-electron chi connectivity index (χ2n) is 3.42. The molecule has 0 unspecified atom stereocenters. The lowest BCUT2D eigenvalue weighted by Crippen LogP contribution is -1.70. The van der Waals surface area contributed by atoms with Crippen LogP contribution in [0.5, 0.6) is 0 Å². The molecule has 0 aromatic rings. The molecule has 0 heteroatoms. The van der Waals surface area contributed by atoms with Crippen LogP contribution >= 0.6 is 0 Å². The molecule has 0 aliphatic heterocycles. The fourth-order valence-electron chi connectivity index (χ4n) is 1.38. The number of hydrogen-bond donors (Lipinski definition) is 0. The van der Waals surface area contributed by atoms with Crippen molar-refractivity contribution < 1.29 is 0 Å². The Kier molecular flexibility index (Phi) is 6.22. The highest BCUT2D eigenvalue weighted by Crippen LogP contribution is 2.04. The highest BCUT2D eigenvalue weighted by atomic mass is 13.9. The minimum Gasteiger partial charge on any atom is -0.0885 e. The molecule has 0 fully saturated rings. The zero-order chi connectivity index (χ0) is 9.19. The summed E-state index contributed by atoms with van der Waals surface area (Å²) in [6.07, 6.45) is 23.0. The molecule has 0 N–H and O–H groups in total. The molecule has 1 rings (SSSR count). The van der Waals surface area contributed by atoms with Crippen LogP contribution < -0.4 is 0 Å². The quantitative estimate of drug-likeness (QED) is 0.484. The van der Waals surface area contributed by atoms with E-state index in [-0.39, 0.29) is 0 Å². The van der Waals surface area contributed by atoms with Crippen LogP contribution in [0.15, 0.2) is 30.4 Å². The van der Waals surface area contributed by atoms with E-state index >= 15 is 0 Å². The van der Waals surface area contributed by atoms with Crippen LogP contribution in [0.25, 0.3) is 0 Å². The summed E-state index contributed by atoms with van der Waals surface area (Å²) >= 11 is 0. The van der Waals surface area contributed by atoms with E-state index in [4.69, 9.17) is 0 Å². The van der Waals surface area contributed by atoms with E-state index in [1.165, 1.54) is 38.5 Å². The van der Waals surface area contributed by atoms with E-state index in [2.05, 4.69) is 36.5 Å². The van der Waals surface area contributed by atoms with Crippen LogP contribution in [0.1, 0.15) is 44.9 Å². The molecular weight excluding hydrogens is 156 g/mol. The Morgan fingerprint density at radius 2 is 1.31 bits per heavy atom. The first-order valence-electron chi connectivity index (χ1n) is 5.35. The van der Waals surface area contributed by atoms with Gasteiger partial charge in [-0.05, 0) is 51.0 Å².